The zero-order valence-electron chi connectivity index (χ0n) is 13.3. The summed E-state index contributed by atoms with van der Waals surface area (Å²) in [4.78, 5) is 26.7. The standard InChI is InChI=1S/C19H19N3O2/c23-19(16-4-2-10-20-13-16)21-17-8-6-14(7-9-17)11-15-3-1-5-18(12-15)22-24/h1-5,10-13,17H,6-9H2,(H,21,23). The first-order valence-electron chi connectivity index (χ1n) is 8.08. The minimum absolute atomic E-state index is 0.0645. The molecule has 0 aliphatic heterocycles. The van der Waals surface area contributed by atoms with E-state index in [0.717, 1.165) is 31.2 Å². The molecule has 0 spiro atoms. The highest BCUT2D eigenvalue weighted by Gasteiger charge is 2.19. The number of carbonyl (C=O) groups is 1. The fourth-order valence-corrected chi connectivity index (χ4v) is 2.95. The molecule has 0 radical (unpaired) electrons. The van der Waals surface area contributed by atoms with Crippen LogP contribution >= 0.6 is 0 Å². The number of allylic oxidation sites excluding steroid dienone is 1. The highest BCUT2D eigenvalue weighted by atomic mass is 16.3. The van der Waals surface area contributed by atoms with Gasteiger partial charge < -0.3 is 5.32 Å². The monoisotopic (exact) mass is 321 g/mol. The number of pyridine rings is 1. The maximum atomic E-state index is 12.2. The predicted octanol–water partition coefficient (Wildman–Crippen LogP) is 4.24. The molecule has 3 rings (SSSR count). The van der Waals surface area contributed by atoms with E-state index in [1.165, 1.54) is 5.57 Å². The van der Waals surface area contributed by atoms with Gasteiger partial charge in [-0.15, -0.1) is 4.91 Å². The van der Waals surface area contributed by atoms with Crippen molar-refractivity contribution in [2.24, 2.45) is 5.18 Å². The van der Waals surface area contributed by atoms with Gasteiger partial charge in [-0.2, -0.15) is 0 Å². The Morgan fingerprint density at radius 3 is 2.75 bits per heavy atom. The molecule has 0 bridgehead atoms. The third kappa shape index (κ3) is 4.13. The Balaban J connectivity index is 1.56. The summed E-state index contributed by atoms with van der Waals surface area (Å²) in [6, 6.07) is 11.0. The fraction of sp³-hybridized carbons (Fsp3) is 0.263. The van der Waals surface area contributed by atoms with Gasteiger partial charge in [0.1, 0.15) is 5.69 Å². The molecule has 1 heterocycles. The molecular weight excluding hydrogens is 302 g/mol. The summed E-state index contributed by atoms with van der Waals surface area (Å²) in [5.41, 5.74) is 3.38. The Morgan fingerprint density at radius 2 is 2.04 bits per heavy atom. The quantitative estimate of drug-likeness (QED) is 0.856. The van der Waals surface area contributed by atoms with Gasteiger partial charge in [-0.25, -0.2) is 0 Å². The molecule has 1 aromatic carbocycles. The average Bonchev–Trinajstić information content (AvgIpc) is 2.64. The number of hydrogen-bond acceptors (Lipinski definition) is 4. The summed E-state index contributed by atoms with van der Waals surface area (Å²) >= 11 is 0. The number of aromatic nitrogens is 1. The molecule has 1 amide bonds. The second-order valence-electron chi connectivity index (χ2n) is 5.98. The van der Waals surface area contributed by atoms with Crippen molar-refractivity contribution in [3.8, 4) is 0 Å². The number of amides is 1. The largest absolute Gasteiger partial charge is 0.349 e. The van der Waals surface area contributed by atoms with Gasteiger partial charge in [0.25, 0.3) is 5.91 Å². The van der Waals surface area contributed by atoms with Gasteiger partial charge in [-0.3, -0.25) is 9.78 Å². The van der Waals surface area contributed by atoms with Crippen LogP contribution in [-0.2, 0) is 0 Å². The van der Waals surface area contributed by atoms with E-state index in [-0.39, 0.29) is 11.9 Å². The van der Waals surface area contributed by atoms with Gasteiger partial charge in [0.15, 0.2) is 0 Å². The fourth-order valence-electron chi connectivity index (χ4n) is 2.95. The van der Waals surface area contributed by atoms with Gasteiger partial charge in [-0.1, -0.05) is 23.8 Å². The SMILES string of the molecule is O=Nc1cccc(C=C2CCC(NC(=O)c3cccnc3)CC2)c1. The Bertz CT molecular complexity index is 746. The molecule has 0 unspecified atom stereocenters. The van der Waals surface area contributed by atoms with Gasteiger partial charge in [-0.05, 0) is 60.7 Å². The van der Waals surface area contributed by atoms with E-state index in [4.69, 9.17) is 0 Å². The number of nitroso groups, excluding NO2 is 1. The van der Waals surface area contributed by atoms with Gasteiger partial charge >= 0.3 is 0 Å². The third-order valence-electron chi connectivity index (χ3n) is 4.23. The van der Waals surface area contributed by atoms with Crippen molar-refractivity contribution < 1.29 is 4.79 Å². The van der Waals surface area contributed by atoms with E-state index < -0.39 is 0 Å². The van der Waals surface area contributed by atoms with Crippen LogP contribution < -0.4 is 5.32 Å². The highest BCUT2D eigenvalue weighted by Crippen LogP contribution is 2.26. The summed E-state index contributed by atoms with van der Waals surface area (Å²) in [6.45, 7) is 0. The van der Waals surface area contributed by atoms with Crippen LogP contribution in [0.15, 0.2) is 59.5 Å². The molecule has 1 saturated carbocycles. The van der Waals surface area contributed by atoms with Crippen molar-refractivity contribution in [1.29, 1.82) is 0 Å². The number of nitrogens with zero attached hydrogens (tertiary/aromatic N) is 2. The summed E-state index contributed by atoms with van der Waals surface area (Å²) in [5, 5.41) is 6.04. The Labute approximate surface area is 140 Å². The predicted molar refractivity (Wildman–Crippen MR) is 93.8 cm³/mol. The van der Waals surface area contributed by atoms with E-state index in [9.17, 15) is 9.70 Å². The van der Waals surface area contributed by atoms with Crippen LogP contribution in [0.2, 0.25) is 0 Å². The van der Waals surface area contributed by atoms with Gasteiger partial charge in [0.05, 0.1) is 5.56 Å². The van der Waals surface area contributed by atoms with Crippen LogP contribution in [0.25, 0.3) is 6.08 Å². The summed E-state index contributed by atoms with van der Waals surface area (Å²) < 4.78 is 0. The van der Waals surface area contributed by atoms with Crippen LogP contribution in [0.3, 0.4) is 0 Å². The first kappa shape index (κ1) is 16.1. The zero-order chi connectivity index (χ0) is 16.8. The third-order valence-corrected chi connectivity index (χ3v) is 4.23. The highest BCUT2D eigenvalue weighted by molar-refractivity contribution is 5.94. The molecule has 0 saturated heterocycles. The second kappa shape index (κ2) is 7.64. The minimum atomic E-state index is -0.0645. The number of hydrogen-bond donors (Lipinski definition) is 1. The smallest absolute Gasteiger partial charge is 0.253 e. The van der Waals surface area contributed by atoms with E-state index in [2.05, 4.69) is 21.6 Å². The van der Waals surface area contributed by atoms with Crippen molar-refractivity contribution in [2.45, 2.75) is 31.7 Å². The van der Waals surface area contributed by atoms with Crippen molar-refractivity contribution in [3.63, 3.8) is 0 Å². The Hall–Kier alpha value is -2.82. The van der Waals surface area contributed by atoms with Crippen LogP contribution in [0, 0.1) is 4.91 Å². The maximum Gasteiger partial charge on any atom is 0.253 e. The lowest BCUT2D eigenvalue weighted by molar-refractivity contribution is 0.0930. The molecule has 1 fully saturated rings. The molecule has 5 nitrogen and oxygen atoms in total. The van der Waals surface area contributed by atoms with Gasteiger partial charge in [0, 0.05) is 18.4 Å². The molecule has 5 heteroatoms. The van der Waals surface area contributed by atoms with Gasteiger partial charge in [0.2, 0.25) is 0 Å². The van der Waals surface area contributed by atoms with E-state index in [1.807, 2.05) is 12.1 Å². The molecule has 24 heavy (non-hydrogen) atoms. The van der Waals surface area contributed by atoms with Crippen LogP contribution in [0.5, 0.6) is 0 Å². The lowest BCUT2D eigenvalue weighted by Crippen LogP contribution is -2.36. The lowest BCUT2D eigenvalue weighted by atomic mass is 9.89. The number of rotatable bonds is 4. The molecule has 1 aliphatic rings. The maximum absolute atomic E-state index is 12.2. The summed E-state index contributed by atoms with van der Waals surface area (Å²) in [5.74, 6) is -0.0645. The molecule has 1 aromatic heterocycles. The van der Waals surface area contributed by atoms with Crippen molar-refractivity contribution in [3.05, 3.63) is 70.4 Å². The molecule has 1 aliphatic carbocycles. The minimum Gasteiger partial charge on any atom is -0.349 e. The first-order chi connectivity index (χ1) is 11.7. The van der Waals surface area contributed by atoms with E-state index in [1.54, 1.807) is 36.7 Å². The van der Waals surface area contributed by atoms with E-state index in [0.29, 0.717) is 11.3 Å². The Kier molecular flexibility index (Phi) is 5.11. The average molecular weight is 321 g/mol. The van der Waals surface area contributed by atoms with Crippen molar-refractivity contribution in [1.82, 2.24) is 10.3 Å². The van der Waals surface area contributed by atoms with Crippen LogP contribution in [-0.4, -0.2) is 16.9 Å². The first-order valence-corrected chi connectivity index (χ1v) is 8.08. The molecule has 122 valence electrons. The normalized spacial score (nSPS) is 17.2. The van der Waals surface area contributed by atoms with Crippen molar-refractivity contribution in [2.75, 3.05) is 0 Å². The zero-order valence-corrected chi connectivity index (χ0v) is 13.3. The van der Waals surface area contributed by atoms with Crippen LogP contribution in [0.1, 0.15) is 41.6 Å². The second-order valence-corrected chi connectivity index (χ2v) is 5.98. The van der Waals surface area contributed by atoms with Crippen LogP contribution in [0.4, 0.5) is 5.69 Å². The molecule has 0 atom stereocenters. The number of carbonyl (C=O) groups excluding carboxylic acids is 1. The topological polar surface area (TPSA) is 71.4 Å². The molecule has 2 aromatic rings. The van der Waals surface area contributed by atoms with E-state index >= 15 is 0 Å². The summed E-state index contributed by atoms with van der Waals surface area (Å²) in [7, 11) is 0. The number of benzene rings is 1. The molecular formula is C19H19N3O2. The number of nitrogens with one attached hydrogen (secondary N) is 1. The molecule has 1 N–H and O–H groups in total. The Morgan fingerprint density at radius 1 is 1.21 bits per heavy atom. The summed E-state index contributed by atoms with van der Waals surface area (Å²) in [6.07, 6.45) is 9.08. The van der Waals surface area contributed by atoms with Crippen molar-refractivity contribution >= 4 is 17.7 Å². The lowest BCUT2D eigenvalue weighted by Gasteiger charge is -2.25.